The minimum Gasteiger partial charge on any atom is -0.493 e. The molecule has 0 aliphatic carbocycles. The number of hydrogen-bond donors (Lipinski definition) is 1. The van der Waals surface area contributed by atoms with Gasteiger partial charge in [-0.05, 0) is 13.3 Å². The Kier molecular flexibility index (Phi) is 3.71. The van der Waals surface area contributed by atoms with Crippen molar-refractivity contribution in [1.29, 1.82) is 0 Å². The van der Waals surface area contributed by atoms with Gasteiger partial charge in [0.15, 0.2) is 11.5 Å². The molecule has 1 saturated heterocycles. The van der Waals surface area contributed by atoms with Gasteiger partial charge in [0, 0.05) is 19.2 Å². The lowest BCUT2D eigenvalue weighted by atomic mass is 10.1. The summed E-state index contributed by atoms with van der Waals surface area (Å²) in [6.45, 7) is 2.63. The maximum Gasteiger partial charge on any atom is 0.296 e. The van der Waals surface area contributed by atoms with Crippen LogP contribution in [-0.2, 0) is 0 Å². The number of nitro groups is 1. The zero-order chi connectivity index (χ0) is 14.9. The molecule has 0 saturated carbocycles. The molecule has 7 nitrogen and oxygen atoms in total. The SMILES string of the molecule is COc1cc(N2CCC(C)(O)C2)c([N+](=O)[O-])cc1OC. The lowest BCUT2D eigenvalue weighted by Gasteiger charge is -2.21. The van der Waals surface area contributed by atoms with Gasteiger partial charge >= 0.3 is 0 Å². The molecule has 1 heterocycles. The maximum absolute atomic E-state index is 11.2. The maximum atomic E-state index is 11.2. The molecule has 1 aliphatic rings. The molecule has 20 heavy (non-hydrogen) atoms. The summed E-state index contributed by atoms with van der Waals surface area (Å²) in [5, 5.41) is 21.2. The van der Waals surface area contributed by atoms with Gasteiger partial charge in [-0.15, -0.1) is 0 Å². The van der Waals surface area contributed by atoms with Gasteiger partial charge in [0.05, 0.1) is 30.8 Å². The first-order valence-corrected chi connectivity index (χ1v) is 6.25. The van der Waals surface area contributed by atoms with Crippen LogP contribution < -0.4 is 14.4 Å². The first-order valence-electron chi connectivity index (χ1n) is 6.25. The molecule has 1 atom stereocenters. The smallest absolute Gasteiger partial charge is 0.296 e. The molecule has 2 rings (SSSR count). The summed E-state index contributed by atoms with van der Waals surface area (Å²) < 4.78 is 10.3. The van der Waals surface area contributed by atoms with Gasteiger partial charge in [0.25, 0.3) is 5.69 Å². The number of nitrogens with zero attached hydrogens (tertiary/aromatic N) is 2. The van der Waals surface area contributed by atoms with Crippen LogP contribution in [0.5, 0.6) is 11.5 Å². The highest BCUT2D eigenvalue weighted by molar-refractivity contribution is 5.70. The van der Waals surface area contributed by atoms with E-state index in [-0.39, 0.29) is 5.69 Å². The second-order valence-corrected chi connectivity index (χ2v) is 5.12. The van der Waals surface area contributed by atoms with Crippen molar-refractivity contribution in [2.45, 2.75) is 18.9 Å². The van der Waals surface area contributed by atoms with E-state index in [4.69, 9.17) is 9.47 Å². The lowest BCUT2D eigenvalue weighted by molar-refractivity contribution is -0.384. The van der Waals surface area contributed by atoms with Gasteiger partial charge in [-0.25, -0.2) is 0 Å². The largest absolute Gasteiger partial charge is 0.493 e. The Labute approximate surface area is 116 Å². The molecule has 110 valence electrons. The number of β-amino-alcohol motifs (C(OH)–C–C–N with tert-alkyl or cyclic N) is 1. The molecule has 1 aliphatic heterocycles. The standard InChI is InChI=1S/C13H18N2O5/c1-13(16)4-5-14(8-13)9-6-11(19-2)12(20-3)7-10(9)15(17)18/h6-7,16H,4-5,8H2,1-3H3. The molecule has 0 radical (unpaired) electrons. The van der Waals surface area contributed by atoms with Crippen molar-refractivity contribution in [3.05, 3.63) is 22.2 Å². The molecule has 1 N–H and O–H groups in total. The number of aliphatic hydroxyl groups is 1. The number of nitro benzene ring substituents is 1. The molecule has 0 aromatic heterocycles. The summed E-state index contributed by atoms with van der Waals surface area (Å²) in [6.07, 6.45) is 0.568. The van der Waals surface area contributed by atoms with Crippen LogP contribution in [0.15, 0.2) is 12.1 Å². The monoisotopic (exact) mass is 282 g/mol. The molecule has 1 aromatic carbocycles. The van der Waals surface area contributed by atoms with Gasteiger partial charge in [-0.3, -0.25) is 10.1 Å². The van der Waals surface area contributed by atoms with Crippen molar-refractivity contribution in [2.24, 2.45) is 0 Å². The number of anilines is 1. The minimum atomic E-state index is -0.832. The van der Waals surface area contributed by atoms with Crippen LogP contribution >= 0.6 is 0 Å². The van der Waals surface area contributed by atoms with Crippen LogP contribution in [-0.4, -0.2) is 42.9 Å². The predicted molar refractivity (Wildman–Crippen MR) is 73.7 cm³/mol. The number of ether oxygens (including phenoxy) is 2. The molecule has 1 unspecified atom stereocenters. The first-order chi connectivity index (χ1) is 9.38. The van der Waals surface area contributed by atoms with Crippen LogP contribution in [0.25, 0.3) is 0 Å². The fraction of sp³-hybridized carbons (Fsp3) is 0.538. The topological polar surface area (TPSA) is 85.1 Å². The van der Waals surface area contributed by atoms with Gasteiger partial charge in [0.1, 0.15) is 5.69 Å². The molecule has 7 heteroatoms. The molecular formula is C13H18N2O5. The molecule has 1 aromatic rings. The quantitative estimate of drug-likeness (QED) is 0.666. The van der Waals surface area contributed by atoms with E-state index in [1.54, 1.807) is 17.9 Å². The number of benzene rings is 1. The van der Waals surface area contributed by atoms with Gasteiger partial charge in [-0.2, -0.15) is 0 Å². The molecule has 1 fully saturated rings. The summed E-state index contributed by atoms with van der Waals surface area (Å²) in [4.78, 5) is 12.6. The van der Waals surface area contributed by atoms with Crippen LogP contribution in [0, 0.1) is 10.1 Å². The van der Waals surface area contributed by atoms with Crippen molar-refractivity contribution in [3.8, 4) is 11.5 Å². The number of hydrogen-bond acceptors (Lipinski definition) is 6. The summed E-state index contributed by atoms with van der Waals surface area (Å²) in [6, 6.07) is 2.93. The zero-order valence-electron chi connectivity index (χ0n) is 11.8. The van der Waals surface area contributed by atoms with Gasteiger partial charge in [0.2, 0.25) is 0 Å². The van der Waals surface area contributed by atoms with E-state index >= 15 is 0 Å². The Morgan fingerprint density at radius 3 is 2.40 bits per heavy atom. The Bertz CT molecular complexity index is 530. The second kappa shape index (κ2) is 5.16. The number of methoxy groups -OCH3 is 2. The van der Waals surface area contributed by atoms with E-state index in [1.807, 2.05) is 0 Å². The van der Waals surface area contributed by atoms with Crippen molar-refractivity contribution in [3.63, 3.8) is 0 Å². The van der Waals surface area contributed by atoms with Crippen molar-refractivity contribution >= 4 is 11.4 Å². The molecule has 0 bridgehead atoms. The summed E-state index contributed by atoms with van der Waals surface area (Å²) in [5.74, 6) is 0.744. The van der Waals surface area contributed by atoms with Crippen LogP contribution in [0.2, 0.25) is 0 Å². The van der Waals surface area contributed by atoms with E-state index in [0.717, 1.165) is 0 Å². The normalized spacial score (nSPS) is 21.9. The zero-order valence-corrected chi connectivity index (χ0v) is 11.8. The average Bonchev–Trinajstić information content (AvgIpc) is 2.77. The van der Waals surface area contributed by atoms with Gasteiger partial charge in [-0.1, -0.05) is 0 Å². The third-order valence-corrected chi connectivity index (χ3v) is 3.47. The van der Waals surface area contributed by atoms with E-state index in [1.165, 1.54) is 20.3 Å². The van der Waals surface area contributed by atoms with Gasteiger partial charge < -0.3 is 19.5 Å². The Morgan fingerprint density at radius 1 is 1.35 bits per heavy atom. The summed E-state index contributed by atoms with van der Waals surface area (Å²) in [7, 11) is 2.91. The van der Waals surface area contributed by atoms with Crippen molar-refractivity contribution < 1.29 is 19.5 Å². The van der Waals surface area contributed by atoms with Crippen LogP contribution in [0.4, 0.5) is 11.4 Å². The van der Waals surface area contributed by atoms with E-state index in [0.29, 0.717) is 36.7 Å². The molecular weight excluding hydrogens is 264 g/mol. The molecule has 0 spiro atoms. The Morgan fingerprint density at radius 2 is 1.95 bits per heavy atom. The van der Waals surface area contributed by atoms with E-state index < -0.39 is 10.5 Å². The Balaban J connectivity index is 2.48. The second-order valence-electron chi connectivity index (χ2n) is 5.12. The first kappa shape index (κ1) is 14.4. The highest BCUT2D eigenvalue weighted by atomic mass is 16.6. The third-order valence-electron chi connectivity index (χ3n) is 3.47. The predicted octanol–water partition coefficient (Wildman–Crippen LogP) is 1.57. The van der Waals surface area contributed by atoms with E-state index in [2.05, 4.69) is 0 Å². The lowest BCUT2D eigenvalue weighted by Crippen LogP contribution is -2.29. The summed E-state index contributed by atoms with van der Waals surface area (Å²) in [5.41, 5.74) is -0.452. The fourth-order valence-electron chi connectivity index (χ4n) is 2.41. The Hall–Kier alpha value is -2.02. The fourth-order valence-corrected chi connectivity index (χ4v) is 2.41. The highest BCUT2D eigenvalue weighted by Gasteiger charge is 2.35. The third kappa shape index (κ3) is 2.62. The summed E-state index contributed by atoms with van der Waals surface area (Å²) >= 11 is 0. The molecule has 0 amide bonds. The van der Waals surface area contributed by atoms with E-state index in [9.17, 15) is 15.2 Å². The van der Waals surface area contributed by atoms with Crippen molar-refractivity contribution in [1.82, 2.24) is 0 Å². The van der Waals surface area contributed by atoms with Crippen LogP contribution in [0.3, 0.4) is 0 Å². The van der Waals surface area contributed by atoms with Crippen LogP contribution in [0.1, 0.15) is 13.3 Å². The van der Waals surface area contributed by atoms with Crippen molar-refractivity contribution in [2.75, 3.05) is 32.2 Å². The number of rotatable bonds is 4. The highest BCUT2D eigenvalue weighted by Crippen LogP contribution is 2.41. The average molecular weight is 282 g/mol. The minimum absolute atomic E-state index is 0.0552.